The Morgan fingerprint density at radius 2 is 2.00 bits per heavy atom. The normalized spacial score (nSPS) is 25.6. The van der Waals surface area contributed by atoms with Gasteiger partial charge in [-0.25, -0.2) is 0 Å². The average Bonchev–Trinajstić information content (AvgIpc) is 2.48. The Morgan fingerprint density at radius 3 is 2.65 bits per heavy atom. The first-order valence-electron chi connectivity index (χ1n) is 8.26. The van der Waals surface area contributed by atoms with Gasteiger partial charge in [0.15, 0.2) is 0 Å². The summed E-state index contributed by atoms with van der Waals surface area (Å²) in [5.41, 5.74) is 1.45. The molecule has 0 radical (unpaired) electrons. The lowest BCUT2D eigenvalue weighted by molar-refractivity contribution is 0.0915. The maximum absolute atomic E-state index is 3.78. The van der Waals surface area contributed by atoms with Crippen LogP contribution in [0.2, 0.25) is 0 Å². The summed E-state index contributed by atoms with van der Waals surface area (Å²) < 4.78 is 0. The van der Waals surface area contributed by atoms with Crippen molar-refractivity contribution in [1.82, 2.24) is 10.2 Å². The molecule has 1 N–H and O–H groups in total. The molecule has 1 aliphatic heterocycles. The minimum atomic E-state index is 0.601. The first kappa shape index (κ1) is 15.5. The van der Waals surface area contributed by atoms with Crippen LogP contribution in [0.4, 0.5) is 0 Å². The van der Waals surface area contributed by atoms with E-state index in [-0.39, 0.29) is 0 Å². The zero-order valence-electron chi connectivity index (χ0n) is 13.3. The largest absolute Gasteiger partial charge is 0.311 e. The van der Waals surface area contributed by atoms with Crippen molar-refractivity contribution >= 4 is 0 Å². The number of rotatable bonds is 6. The molecule has 1 heterocycles. The summed E-state index contributed by atoms with van der Waals surface area (Å²) in [5.74, 6) is 0.784. The van der Waals surface area contributed by atoms with E-state index in [9.17, 15) is 0 Å². The van der Waals surface area contributed by atoms with Gasteiger partial charge >= 0.3 is 0 Å². The smallest absolute Gasteiger partial charge is 0.0246 e. The molecule has 2 rings (SSSR count). The predicted octanol–water partition coefficient (Wildman–Crippen LogP) is 3.33. The lowest BCUT2D eigenvalue weighted by Gasteiger charge is -2.43. The van der Waals surface area contributed by atoms with Gasteiger partial charge in [-0.05, 0) is 30.9 Å². The second-order valence-electron chi connectivity index (χ2n) is 6.24. The van der Waals surface area contributed by atoms with Gasteiger partial charge in [0, 0.05) is 25.2 Å². The fraction of sp³-hybridized carbons (Fsp3) is 0.667. The second-order valence-corrected chi connectivity index (χ2v) is 6.24. The van der Waals surface area contributed by atoms with E-state index in [1.807, 2.05) is 0 Å². The molecule has 0 amide bonds. The van der Waals surface area contributed by atoms with Crippen LogP contribution in [0.1, 0.15) is 39.2 Å². The Hall–Kier alpha value is -0.860. The van der Waals surface area contributed by atoms with E-state index in [4.69, 9.17) is 0 Å². The molecule has 1 aromatic rings. The molecule has 0 aromatic heterocycles. The van der Waals surface area contributed by atoms with Crippen molar-refractivity contribution in [3.05, 3.63) is 35.9 Å². The first-order chi connectivity index (χ1) is 9.74. The van der Waals surface area contributed by atoms with Crippen LogP contribution < -0.4 is 5.32 Å². The van der Waals surface area contributed by atoms with Gasteiger partial charge in [0.05, 0.1) is 0 Å². The van der Waals surface area contributed by atoms with Crippen LogP contribution in [0.25, 0.3) is 0 Å². The molecule has 20 heavy (non-hydrogen) atoms. The van der Waals surface area contributed by atoms with Gasteiger partial charge in [-0.2, -0.15) is 0 Å². The van der Waals surface area contributed by atoms with Crippen LogP contribution in [-0.2, 0) is 6.42 Å². The van der Waals surface area contributed by atoms with Gasteiger partial charge in [0.1, 0.15) is 0 Å². The van der Waals surface area contributed by atoms with Crippen molar-refractivity contribution in [2.75, 3.05) is 19.6 Å². The number of piperazine rings is 1. The molecule has 112 valence electrons. The quantitative estimate of drug-likeness (QED) is 0.856. The summed E-state index contributed by atoms with van der Waals surface area (Å²) in [5, 5.41) is 3.78. The van der Waals surface area contributed by atoms with Crippen molar-refractivity contribution < 1.29 is 0 Å². The molecule has 2 nitrogen and oxygen atoms in total. The number of hydrogen-bond acceptors (Lipinski definition) is 2. The van der Waals surface area contributed by atoms with Crippen LogP contribution in [0, 0.1) is 5.92 Å². The van der Waals surface area contributed by atoms with Crippen molar-refractivity contribution in [1.29, 1.82) is 0 Å². The molecule has 0 spiro atoms. The number of hydrogen-bond donors (Lipinski definition) is 1. The highest BCUT2D eigenvalue weighted by atomic mass is 15.2. The summed E-state index contributed by atoms with van der Waals surface area (Å²) in [6.07, 6.45) is 3.68. The van der Waals surface area contributed by atoms with Gasteiger partial charge in [-0.15, -0.1) is 0 Å². The van der Waals surface area contributed by atoms with Crippen molar-refractivity contribution in [2.45, 2.75) is 52.1 Å². The van der Waals surface area contributed by atoms with Crippen molar-refractivity contribution in [2.24, 2.45) is 5.92 Å². The molecule has 0 aliphatic carbocycles. The number of nitrogens with zero attached hydrogens (tertiary/aromatic N) is 1. The average molecular weight is 274 g/mol. The lowest BCUT2D eigenvalue weighted by Crippen LogP contribution is -2.59. The fourth-order valence-corrected chi connectivity index (χ4v) is 3.31. The van der Waals surface area contributed by atoms with Gasteiger partial charge in [-0.3, -0.25) is 4.90 Å². The molecule has 0 saturated carbocycles. The van der Waals surface area contributed by atoms with Crippen molar-refractivity contribution in [3.8, 4) is 0 Å². The summed E-state index contributed by atoms with van der Waals surface area (Å²) >= 11 is 0. The van der Waals surface area contributed by atoms with Crippen LogP contribution in [0.15, 0.2) is 30.3 Å². The summed E-state index contributed by atoms with van der Waals surface area (Å²) in [6, 6.07) is 12.2. The van der Waals surface area contributed by atoms with E-state index < -0.39 is 0 Å². The highest BCUT2D eigenvalue weighted by molar-refractivity contribution is 5.16. The van der Waals surface area contributed by atoms with Crippen LogP contribution >= 0.6 is 0 Å². The van der Waals surface area contributed by atoms with E-state index in [0.29, 0.717) is 12.1 Å². The monoisotopic (exact) mass is 274 g/mol. The van der Waals surface area contributed by atoms with Crippen molar-refractivity contribution in [3.63, 3.8) is 0 Å². The van der Waals surface area contributed by atoms with Crippen LogP contribution in [0.3, 0.4) is 0 Å². The third-order valence-corrected chi connectivity index (χ3v) is 4.68. The molecule has 0 bridgehead atoms. The molecule has 3 unspecified atom stereocenters. The highest BCUT2D eigenvalue weighted by Crippen LogP contribution is 2.19. The van der Waals surface area contributed by atoms with Crippen LogP contribution in [0.5, 0.6) is 0 Å². The first-order valence-corrected chi connectivity index (χ1v) is 8.26. The minimum absolute atomic E-state index is 0.601. The van der Waals surface area contributed by atoms with Crippen LogP contribution in [-0.4, -0.2) is 36.6 Å². The standard InChI is InChI=1S/C18H30N2/c1-4-11-20-14-17(12-16-9-7-6-8-10-16)19-13-18(20)15(3)5-2/h6-10,15,17-19H,4-5,11-14H2,1-3H3. The van der Waals surface area contributed by atoms with Gasteiger partial charge in [0.2, 0.25) is 0 Å². The minimum Gasteiger partial charge on any atom is -0.311 e. The fourth-order valence-electron chi connectivity index (χ4n) is 3.31. The topological polar surface area (TPSA) is 15.3 Å². The molecule has 1 aromatic carbocycles. The maximum atomic E-state index is 3.78. The van der Waals surface area contributed by atoms with E-state index >= 15 is 0 Å². The summed E-state index contributed by atoms with van der Waals surface area (Å²) in [6.45, 7) is 10.6. The molecule has 1 saturated heterocycles. The van der Waals surface area contributed by atoms with E-state index in [1.165, 1.54) is 31.5 Å². The Morgan fingerprint density at radius 1 is 1.25 bits per heavy atom. The van der Waals surface area contributed by atoms with Gasteiger partial charge < -0.3 is 5.32 Å². The zero-order chi connectivity index (χ0) is 14.4. The molecular formula is C18H30N2. The van der Waals surface area contributed by atoms with Gasteiger partial charge in [0.25, 0.3) is 0 Å². The summed E-state index contributed by atoms with van der Waals surface area (Å²) in [4.78, 5) is 2.72. The summed E-state index contributed by atoms with van der Waals surface area (Å²) in [7, 11) is 0. The Kier molecular flexibility index (Phi) is 6.06. The Bertz CT molecular complexity index is 376. The highest BCUT2D eigenvalue weighted by Gasteiger charge is 2.30. The molecular weight excluding hydrogens is 244 g/mol. The lowest BCUT2D eigenvalue weighted by atomic mass is 9.93. The molecule has 1 fully saturated rings. The van der Waals surface area contributed by atoms with E-state index in [0.717, 1.165) is 18.9 Å². The third-order valence-electron chi connectivity index (χ3n) is 4.68. The predicted molar refractivity (Wildman–Crippen MR) is 87.0 cm³/mol. The Balaban J connectivity index is 1.95. The zero-order valence-corrected chi connectivity index (χ0v) is 13.3. The molecule has 2 heteroatoms. The van der Waals surface area contributed by atoms with Gasteiger partial charge in [-0.1, -0.05) is 57.5 Å². The molecule has 3 atom stereocenters. The Labute approximate surface area is 124 Å². The SMILES string of the molecule is CCCN1CC(Cc2ccccc2)NCC1C(C)CC. The maximum Gasteiger partial charge on any atom is 0.0246 e. The molecule has 1 aliphatic rings. The van der Waals surface area contributed by atoms with E-state index in [1.54, 1.807) is 0 Å². The second kappa shape index (κ2) is 7.80. The van der Waals surface area contributed by atoms with E-state index in [2.05, 4.69) is 61.3 Å². The third kappa shape index (κ3) is 4.07. The number of benzene rings is 1. The number of nitrogens with one attached hydrogen (secondary N) is 1.